The largest absolute Gasteiger partial charge is 0.287 e. The lowest BCUT2D eigenvalue weighted by molar-refractivity contribution is 0.103. The Balaban J connectivity index is 2.11. The standard InChI is InChI=1S/C15H14N4O/c1-2-9-19-13(10-17-18-19)15(20)12-7-3-5-11-6-4-8-16-14(11)12/h3-8,10H,2,9H2,1H3. The lowest BCUT2D eigenvalue weighted by Gasteiger charge is -2.06. The molecule has 0 saturated heterocycles. The number of hydrogen-bond acceptors (Lipinski definition) is 4. The van der Waals surface area contributed by atoms with Crippen molar-refractivity contribution in [2.45, 2.75) is 19.9 Å². The van der Waals surface area contributed by atoms with Crippen LogP contribution in [0.25, 0.3) is 10.9 Å². The van der Waals surface area contributed by atoms with Crippen molar-refractivity contribution in [3.8, 4) is 0 Å². The number of pyridine rings is 1. The molecule has 0 amide bonds. The molecule has 5 nitrogen and oxygen atoms in total. The van der Waals surface area contributed by atoms with Gasteiger partial charge in [-0.1, -0.05) is 30.3 Å². The molecule has 0 aliphatic carbocycles. The highest BCUT2D eigenvalue weighted by atomic mass is 16.1. The molecule has 100 valence electrons. The number of ketones is 1. The van der Waals surface area contributed by atoms with Crippen molar-refractivity contribution in [3.05, 3.63) is 54.0 Å². The molecule has 0 aliphatic rings. The summed E-state index contributed by atoms with van der Waals surface area (Å²) in [6.07, 6.45) is 4.11. The number of carbonyl (C=O) groups is 1. The number of aromatic nitrogens is 4. The summed E-state index contributed by atoms with van der Waals surface area (Å²) in [4.78, 5) is 17.0. The molecule has 0 saturated carbocycles. The van der Waals surface area contributed by atoms with Crippen LogP contribution in [0, 0.1) is 0 Å². The van der Waals surface area contributed by atoms with Gasteiger partial charge in [0, 0.05) is 18.1 Å². The molecule has 0 radical (unpaired) electrons. The second-order valence-corrected chi connectivity index (χ2v) is 4.55. The molecule has 3 aromatic rings. The van der Waals surface area contributed by atoms with Gasteiger partial charge in [0.25, 0.3) is 0 Å². The van der Waals surface area contributed by atoms with E-state index in [-0.39, 0.29) is 5.78 Å². The highest BCUT2D eigenvalue weighted by Crippen LogP contribution is 2.19. The fourth-order valence-corrected chi connectivity index (χ4v) is 2.24. The zero-order chi connectivity index (χ0) is 13.9. The third-order valence-electron chi connectivity index (χ3n) is 3.16. The number of rotatable bonds is 4. The van der Waals surface area contributed by atoms with E-state index in [1.54, 1.807) is 16.9 Å². The molecule has 0 atom stereocenters. The van der Waals surface area contributed by atoms with Crippen molar-refractivity contribution in [2.75, 3.05) is 0 Å². The minimum atomic E-state index is -0.0900. The first-order valence-electron chi connectivity index (χ1n) is 6.58. The van der Waals surface area contributed by atoms with Gasteiger partial charge in [0.2, 0.25) is 5.78 Å². The van der Waals surface area contributed by atoms with E-state index in [1.807, 2.05) is 31.2 Å². The second kappa shape index (κ2) is 5.21. The Kier molecular flexibility index (Phi) is 3.25. The molecule has 3 rings (SSSR count). The van der Waals surface area contributed by atoms with E-state index < -0.39 is 0 Å². The number of fused-ring (bicyclic) bond motifs is 1. The van der Waals surface area contributed by atoms with Crippen LogP contribution >= 0.6 is 0 Å². The summed E-state index contributed by atoms with van der Waals surface area (Å²) in [5, 5.41) is 8.75. The van der Waals surface area contributed by atoms with Crippen LogP contribution < -0.4 is 0 Å². The zero-order valence-corrected chi connectivity index (χ0v) is 11.2. The highest BCUT2D eigenvalue weighted by Gasteiger charge is 2.17. The van der Waals surface area contributed by atoms with Gasteiger partial charge in [0.15, 0.2) is 0 Å². The van der Waals surface area contributed by atoms with E-state index in [1.165, 1.54) is 6.20 Å². The van der Waals surface area contributed by atoms with Gasteiger partial charge in [-0.2, -0.15) is 0 Å². The Labute approximate surface area is 116 Å². The molecule has 0 spiro atoms. The van der Waals surface area contributed by atoms with E-state index in [0.29, 0.717) is 23.3 Å². The smallest absolute Gasteiger partial charge is 0.214 e. The van der Waals surface area contributed by atoms with Crippen LogP contribution in [0.1, 0.15) is 29.4 Å². The number of aryl methyl sites for hydroxylation is 1. The van der Waals surface area contributed by atoms with Gasteiger partial charge < -0.3 is 0 Å². The van der Waals surface area contributed by atoms with Crippen LogP contribution in [0.15, 0.2) is 42.7 Å². The molecular formula is C15H14N4O. The van der Waals surface area contributed by atoms with Crippen molar-refractivity contribution in [1.82, 2.24) is 20.0 Å². The summed E-state index contributed by atoms with van der Waals surface area (Å²) in [5.41, 5.74) is 1.80. The molecule has 20 heavy (non-hydrogen) atoms. The molecule has 5 heteroatoms. The average Bonchev–Trinajstić information content (AvgIpc) is 2.94. The van der Waals surface area contributed by atoms with E-state index >= 15 is 0 Å². The van der Waals surface area contributed by atoms with Gasteiger partial charge in [-0.25, -0.2) is 4.68 Å². The molecule has 0 N–H and O–H groups in total. The Morgan fingerprint density at radius 2 is 2.10 bits per heavy atom. The lowest BCUT2D eigenvalue weighted by atomic mass is 10.0. The van der Waals surface area contributed by atoms with E-state index in [0.717, 1.165) is 11.8 Å². The van der Waals surface area contributed by atoms with E-state index in [4.69, 9.17) is 0 Å². The van der Waals surface area contributed by atoms with Crippen LogP contribution in [0.2, 0.25) is 0 Å². The summed E-state index contributed by atoms with van der Waals surface area (Å²) in [5.74, 6) is -0.0900. The van der Waals surface area contributed by atoms with Crippen molar-refractivity contribution in [2.24, 2.45) is 0 Å². The lowest BCUT2D eigenvalue weighted by Crippen LogP contribution is -2.12. The van der Waals surface area contributed by atoms with E-state index in [2.05, 4.69) is 15.3 Å². The number of hydrogen-bond donors (Lipinski definition) is 0. The van der Waals surface area contributed by atoms with E-state index in [9.17, 15) is 4.79 Å². The maximum atomic E-state index is 12.7. The third-order valence-corrected chi connectivity index (χ3v) is 3.16. The molecule has 0 bridgehead atoms. The first-order chi connectivity index (χ1) is 9.81. The quantitative estimate of drug-likeness (QED) is 0.681. The first-order valence-corrected chi connectivity index (χ1v) is 6.58. The summed E-state index contributed by atoms with van der Waals surface area (Å²) in [6, 6.07) is 9.41. The molecule has 2 heterocycles. The van der Waals surface area contributed by atoms with Crippen molar-refractivity contribution >= 4 is 16.7 Å². The van der Waals surface area contributed by atoms with Gasteiger partial charge in [-0.3, -0.25) is 9.78 Å². The molecule has 0 aliphatic heterocycles. The molecule has 2 aromatic heterocycles. The van der Waals surface area contributed by atoms with Gasteiger partial charge in [0.05, 0.1) is 17.3 Å². The average molecular weight is 266 g/mol. The van der Waals surface area contributed by atoms with Crippen LogP contribution in [0.3, 0.4) is 0 Å². The van der Waals surface area contributed by atoms with Gasteiger partial charge in [-0.15, -0.1) is 5.10 Å². The van der Waals surface area contributed by atoms with Crippen molar-refractivity contribution in [3.63, 3.8) is 0 Å². The zero-order valence-electron chi connectivity index (χ0n) is 11.2. The number of benzene rings is 1. The van der Waals surface area contributed by atoms with Gasteiger partial charge in [-0.05, 0) is 18.6 Å². The molecule has 1 aromatic carbocycles. The normalized spacial score (nSPS) is 10.8. The Hall–Kier alpha value is -2.56. The second-order valence-electron chi connectivity index (χ2n) is 4.55. The molecule has 0 fully saturated rings. The molecular weight excluding hydrogens is 252 g/mol. The minimum Gasteiger partial charge on any atom is -0.287 e. The third kappa shape index (κ3) is 2.07. The summed E-state index contributed by atoms with van der Waals surface area (Å²) in [7, 11) is 0. The topological polar surface area (TPSA) is 60.7 Å². The predicted molar refractivity (Wildman–Crippen MR) is 75.5 cm³/mol. The maximum Gasteiger partial charge on any atom is 0.214 e. The van der Waals surface area contributed by atoms with Crippen LogP contribution in [0.5, 0.6) is 0 Å². The summed E-state index contributed by atoms with van der Waals surface area (Å²) in [6.45, 7) is 2.72. The Morgan fingerprint density at radius 1 is 1.25 bits per heavy atom. The number of para-hydroxylation sites is 1. The number of nitrogens with zero attached hydrogens (tertiary/aromatic N) is 4. The van der Waals surface area contributed by atoms with Crippen LogP contribution in [-0.2, 0) is 6.54 Å². The minimum absolute atomic E-state index is 0.0900. The van der Waals surface area contributed by atoms with Gasteiger partial charge in [0.1, 0.15) is 5.69 Å². The monoisotopic (exact) mass is 266 g/mol. The van der Waals surface area contributed by atoms with Gasteiger partial charge >= 0.3 is 0 Å². The molecule has 0 unspecified atom stereocenters. The fraction of sp³-hybridized carbons (Fsp3) is 0.200. The first kappa shape index (κ1) is 12.5. The van der Waals surface area contributed by atoms with Crippen LogP contribution in [-0.4, -0.2) is 25.8 Å². The Morgan fingerprint density at radius 3 is 2.95 bits per heavy atom. The SMILES string of the molecule is CCCn1nncc1C(=O)c1cccc2cccnc12. The Bertz CT molecular complexity index is 758. The predicted octanol–water partition coefficient (Wildman–Crippen LogP) is 2.47. The van der Waals surface area contributed by atoms with Crippen molar-refractivity contribution in [1.29, 1.82) is 0 Å². The summed E-state index contributed by atoms with van der Waals surface area (Å²) < 4.78 is 1.64. The number of carbonyl (C=O) groups excluding carboxylic acids is 1. The van der Waals surface area contributed by atoms with Crippen molar-refractivity contribution < 1.29 is 4.79 Å². The summed E-state index contributed by atoms with van der Waals surface area (Å²) >= 11 is 0. The maximum absolute atomic E-state index is 12.7. The highest BCUT2D eigenvalue weighted by molar-refractivity contribution is 6.14. The fourth-order valence-electron chi connectivity index (χ4n) is 2.24. The van der Waals surface area contributed by atoms with Crippen LogP contribution in [0.4, 0.5) is 0 Å².